The van der Waals surface area contributed by atoms with Crippen LogP contribution in [0.2, 0.25) is 12.6 Å². The van der Waals surface area contributed by atoms with Gasteiger partial charge >= 0.3 is 0 Å². The van der Waals surface area contributed by atoms with E-state index in [9.17, 15) is 9.59 Å². The monoisotopic (exact) mass is 373 g/mol. The smallest absolute Gasteiger partial charge is 0.271 e. The Morgan fingerprint density at radius 3 is 2.14 bits per heavy atom. The number of hydrogen-bond acceptors (Lipinski definition) is 5. The highest BCUT2D eigenvalue weighted by molar-refractivity contribution is 6.67. The van der Waals surface area contributed by atoms with Gasteiger partial charge in [0.2, 0.25) is 0 Å². The summed E-state index contributed by atoms with van der Waals surface area (Å²) in [4.78, 5) is 28.2. The molecule has 2 aliphatic rings. The fourth-order valence-electron chi connectivity index (χ4n) is 3.72. The van der Waals surface area contributed by atoms with Crippen LogP contribution in [0.4, 0.5) is 5.69 Å². The van der Waals surface area contributed by atoms with Crippen LogP contribution in [-0.4, -0.2) is 49.7 Å². The van der Waals surface area contributed by atoms with Gasteiger partial charge in [-0.25, -0.2) is 5.26 Å². The molecule has 0 bridgehead atoms. The van der Waals surface area contributed by atoms with E-state index in [1.165, 1.54) is 4.90 Å². The van der Waals surface area contributed by atoms with Crippen molar-refractivity contribution < 1.29 is 14.3 Å². The molecule has 0 radical (unpaired) electrons. The molecule has 0 aliphatic carbocycles. The number of carbonyl (C=O) groups excluding carboxylic acids is 2. The second-order valence-corrected chi connectivity index (χ2v) is 7.04. The predicted molar refractivity (Wildman–Crippen MR) is 107 cm³/mol. The van der Waals surface area contributed by atoms with E-state index >= 15 is 0 Å². The molecule has 0 spiro atoms. The van der Waals surface area contributed by atoms with Crippen LogP contribution in [0.3, 0.4) is 0 Å². The number of nitrogens with zero attached hydrogens (tertiary/aromatic N) is 3. The van der Waals surface area contributed by atoms with Crippen LogP contribution in [0, 0.1) is 11.2 Å². The van der Waals surface area contributed by atoms with E-state index in [0.29, 0.717) is 16.9 Å². The second kappa shape index (κ2) is 7.77. The Bertz CT molecular complexity index is 896. The van der Waals surface area contributed by atoms with Gasteiger partial charge in [-0.15, -0.1) is 0 Å². The molecule has 2 aromatic rings. The summed E-state index contributed by atoms with van der Waals surface area (Å²) in [7, 11) is 0. The van der Waals surface area contributed by atoms with Crippen molar-refractivity contribution in [1.82, 2.24) is 4.90 Å². The zero-order valence-electron chi connectivity index (χ0n) is 15.5. The minimum atomic E-state index is -0.264. The summed E-state index contributed by atoms with van der Waals surface area (Å²) < 4.78 is 5.73. The van der Waals surface area contributed by atoms with Crippen LogP contribution in [0.5, 0.6) is 5.75 Å². The van der Waals surface area contributed by atoms with E-state index in [1.54, 1.807) is 24.3 Å². The topological polar surface area (TPSA) is 73.6 Å². The minimum absolute atomic E-state index is 0.168. The largest absolute Gasteiger partial charge is 0.492 e. The molecule has 0 N–H and O–H groups in total. The van der Waals surface area contributed by atoms with E-state index in [0.717, 1.165) is 31.4 Å². The Labute approximate surface area is 164 Å². The van der Waals surface area contributed by atoms with Crippen LogP contribution < -0.4 is 9.64 Å². The van der Waals surface area contributed by atoms with Gasteiger partial charge in [0, 0.05) is 24.7 Å². The molecule has 0 unspecified atom stereocenters. The molecule has 6 nitrogen and oxygen atoms in total. The van der Waals surface area contributed by atoms with Gasteiger partial charge in [-0.3, -0.25) is 14.5 Å². The number of hydrogen-bond donors (Lipinski definition) is 0. The van der Waals surface area contributed by atoms with E-state index < -0.39 is 0 Å². The highest BCUT2D eigenvalue weighted by atomic mass is 16.5. The molecule has 7 heteroatoms. The van der Waals surface area contributed by atoms with Crippen LogP contribution in [-0.2, 0) is 0 Å². The molecule has 2 aliphatic heterocycles. The zero-order chi connectivity index (χ0) is 19.5. The SMILES string of the molecule is N#CB1CCN(c2ccc(OCCN3C(=O)c4ccccc4C3=O)cc2)CC1. The van der Waals surface area contributed by atoms with E-state index in [1.807, 2.05) is 24.3 Å². The molecule has 0 atom stereocenters. The van der Waals surface area contributed by atoms with Gasteiger partial charge in [-0.1, -0.05) is 12.1 Å². The summed E-state index contributed by atoms with van der Waals surface area (Å²) in [6.45, 7) is 2.41. The average molecular weight is 373 g/mol. The van der Waals surface area contributed by atoms with Gasteiger partial charge in [0.1, 0.15) is 12.4 Å². The first-order chi connectivity index (χ1) is 13.7. The molecule has 140 valence electrons. The Morgan fingerprint density at radius 2 is 1.57 bits per heavy atom. The molecule has 1 saturated heterocycles. The first-order valence-corrected chi connectivity index (χ1v) is 9.50. The highest BCUT2D eigenvalue weighted by Gasteiger charge is 2.34. The van der Waals surface area contributed by atoms with Gasteiger partial charge in [0.05, 0.1) is 17.7 Å². The van der Waals surface area contributed by atoms with Crippen LogP contribution in [0.1, 0.15) is 20.7 Å². The summed E-state index contributed by atoms with van der Waals surface area (Å²) in [6.07, 6.45) is 1.80. The van der Waals surface area contributed by atoms with Crippen molar-refractivity contribution in [3.8, 4) is 11.7 Å². The molecular formula is C21H20BN3O3. The molecular weight excluding hydrogens is 353 g/mol. The first kappa shape index (κ1) is 18.1. The second-order valence-electron chi connectivity index (χ2n) is 7.04. The maximum atomic E-state index is 12.3. The summed E-state index contributed by atoms with van der Waals surface area (Å²) in [5, 5.41) is 9.00. The van der Waals surface area contributed by atoms with Crippen molar-refractivity contribution in [2.75, 3.05) is 31.1 Å². The lowest BCUT2D eigenvalue weighted by molar-refractivity contribution is 0.0631. The van der Waals surface area contributed by atoms with Gasteiger partial charge < -0.3 is 9.64 Å². The number of benzene rings is 2. The van der Waals surface area contributed by atoms with Gasteiger partial charge in [-0.2, -0.15) is 0 Å². The fourth-order valence-corrected chi connectivity index (χ4v) is 3.72. The average Bonchev–Trinajstić information content (AvgIpc) is 2.99. The Kier molecular flexibility index (Phi) is 5.03. The molecule has 28 heavy (non-hydrogen) atoms. The maximum absolute atomic E-state index is 12.3. The summed E-state index contributed by atoms with van der Waals surface area (Å²) in [5.41, 5.74) is 2.03. The first-order valence-electron chi connectivity index (χ1n) is 9.50. The van der Waals surface area contributed by atoms with E-state index in [-0.39, 0.29) is 31.7 Å². The lowest BCUT2D eigenvalue weighted by atomic mass is 9.45. The Morgan fingerprint density at radius 1 is 0.964 bits per heavy atom. The van der Waals surface area contributed by atoms with Crippen molar-refractivity contribution in [3.63, 3.8) is 0 Å². The van der Waals surface area contributed by atoms with Gasteiger partial charge in [0.15, 0.2) is 0 Å². The van der Waals surface area contributed by atoms with Crippen molar-refractivity contribution in [2.45, 2.75) is 12.6 Å². The van der Waals surface area contributed by atoms with Crippen molar-refractivity contribution in [2.24, 2.45) is 0 Å². The minimum Gasteiger partial charge on any atom is -0.492 e. The predicted octanol–water partition coefficient (Wildman–Crippen LogP) is 2.74. The number of carbonyl (C=O) groups is 2. The zero-order valence-corrected chi connectivity index (χ0v) is 15.5. The molecule has 0 aromatic heterocycles. The number of nitriles is 1. The van der Waals surface area contributed by atoms with E-state index in [4.69, 9.17) is 10.00 Å². The molecule has 2 amide bonds. The van der Waals surface area contributed by atoms with Crippen molar-refractivity contribution in [3.05, 3.63) is 59.7 Å². The number of imide groups is 1. The van der Waals surface area contributed by atoms with Crippen LogP contribution in [0.25, 0.3) is 0 Å². The van der Waals surface area contributed by atoms with Crippen molar-refractivity contribution in [1.29, 1.82) is 5.26 Å². The molecule has 2 aromatic carbocycles. The normalized spacial score (nSPS) is 16.2. The number of anilines is 1. The lowest BCUT2D eigenvalue weighted by Gasteiger charge is -2.30. The standard InChI is InChI=1S/C21H20BN3O3/c23-15-22-9-11-24(12-10-22)16-5-7-17(8-6-16)28-14-13-25-20(26)18-3-1-2-4-19(18)21(25)27/h1-8H,9-14H2. The Hall–Kier alpha value is -3.27. The summed E-state index contributed by atoms with van der Waals surface area (Å²) in [5.74, 6) is 2.52. The molecule has 0 saturated carbocycles. The third-order valence-corrected chi connectivity index (χ3v) is 5.34. The van der Waals surface area contributed by atoms with Gasteiger partial charge in [-0.05, 0) is 49.0 Å². The number of fused-ring (bicyclic) bond motifs is 1. The molecule has 4 rings (SSSR count). The Balaban J connectivity index is 1.30. The molecule has 1 fully saturated rings. The number of rotatable bonds is 5. The summed E-state index contributed by atoms with van der Waals surface area (Å²) in [6, 6.07) is 14.7. The van der Waals surface area contributed by atoms with Crippen LogP contribution in [0.15, 0.2) is 48.5 Å². The number of amides is 2. The van der Waals surface area contributed by atoms with E-state index in [2.05, 4.69) is 10.9 Å². The third kappa shape index (κ3) is 3.46. The third-order valence-electron chi connectivity index (χ3n) is 5.34. The van der Waals surface area contributed by atoms with Crippen molar-refractivity contribution >= 4 is 24.2 Å². The maximum Gasteiger partial charge on any atom is 0.271 e. The lowest BCUT2D eigenvalue weighted by Crippen LogP contribution is -2.36. The highest BCUT2D eigenvalue weighted by Crippen LogP contribution is 2.24. The fraction of sp³-hybridized carbons (Fsp3) is 0.286. The molecule has 2 heterocycles. The summed E-state index contributed by atoms with van der Waals surface area (Å²) >= 11 is 0. The quantitative estimate of drug-likeness (QED) is 0.595. The number of ether oxygens (including phenoxy) is 1. The van der Waals surface area contributed by atoms with Crippen LogP contribution >= 0.6 is 0 Å². The van der Waals surface area contributed by atoms with Gasteiger partial charge in [0.25, 0.3) is 18.5 Å².